The van der Waals surface area contributed by atoms with E-state index < -0.39 is 0 Å². The van der Waals surface area contributed by atoms with Gasteiger partial charge in [-0.05, 0) is 45.9 Å². The quantitative estimate of drug-likeness (QED) is 0.582. The Morgan fingerprint density at radius 3 is 2.75 bits per heavy atom. The molecule has 2 heteroatoms. The first-order valence-electron chi connectivity index (χ1n) is 4.49. The SMILES string of the molecule is C=CC(=O)C1(C)CCCCN1C. The monoisotopic (exact) mass is 167 g/mol. The summed E-state index contributed by atoms with van der Waals surface area (Å²) in [5.41, 5.74) is -0.278. The van der Waals surface area contributed by atoms with E-state index in [2.05, 4.69) is 11.5 Å². The van der Waals surface area contributed by atoms with Gasteiger partial charge in [0.1, 0.15) is 0 Å². The minimum atomic E-state index is -0.278. The van der Waals surface area contributed by atoms with E-state index in [0.717, 1.165) is 19.4 Å². The Balaban J connectivity index is 2.78. The zero-order valence-corrected chi connectivity index (χ0v) is 7.97. The second-order valence-corrected chi connectivity index (χ2v) is 3.72. The minimum Gasteiger partial charge on any atom is -0.294 e. The molecule has 1 saturated heterocycles. The topological polar surface area (TPSA) is 20.3 Å². The minimum absolute atomic E-state index is 0.157. The lowest BCUT2D eigenvalue weighted by Gasteiger charge is -2.40. The molecule has 0 N–H and O–H groups in total. The highest BCUT2D eigenvalue weighted by atomic mass is 16.1. The largest absolute Gasteiger partial charge is 0.294 e. The van der Waals surface area contributed by atoms with Crippen LogP contribution < -0.4 is 0 Å². The van der Waals surface area contributed by atoms with Crippen molar-refractivity contribution in [2.75, 3.05) is 13.6 Å². The molecule has 12 heavy (non-hydrogen) atoms. The Bertz CT molecular complexity index is 200. The summed E-state index contributed by atoms with van der Waals surface area (Å²) < 4.78 is 0. The summed E-state index contributed by atoms with van der Waals surface area (Å²) in [6.45, 7) is 6.57. The molecule has 0 aromatic rings. The number of likely N-dealkylation sites (tertiary alicyclic amines) is 1. The lowest BCUT2D eigenvalue weighted by molar-refractivity contribution is -0.126. The molecule has 0 saturated carbocycles. The van der Waals surface area contributed by atoms with Crippen LogP contribution in [-0.4, -0.2) is 29.8 Å². The van der Waals surface area contributed by atoms with Gasteiger partial charge in [0.05, 0.1) is 5.54 Å². The lowest BCUT2D eigenvalue weighted by atomic mass is 9.85. The van der Waals surface area contributed by atoms with Crippen LogP contribution in [0.15, 0.2) is 12.7 Å². The summed E-state index contributed by atoms with van der Waals surface area (Å²) in [5.74, 6) is 0.157. The summed E-state index contributed by atoms with van der Waals surface area (Å²) in [4.78, 5) is 13.7. The van der Waals surface area contributed by atoms with Gasteiger partial charge in [0.2, 0.25) is 0 Å². The molecule has 1 heterocycles. The maximum atomic E-state index is 11.5. The standard InChI is InChI=1S/C10H17NO/c1-4-9(12)10(2)7-5-6-8-11(10)3/h4H,1,5-8H2,2-3H3. The fourth-order valence-electron chi connectivity index (χ4n) is 1.79. The number of rotatable bonds is 2. The molecule has 1 fully saturated rings. The van der Waals surface area contributed by atoms with Crippen LogP contribution >= 0.6 is 0 Å². The third-order valence-electron chi connectivity index (χ3n) is 2.97. The highest BCUT2D eigenvalue weighted by Gasteiger charge is 2.36. The molecule has 0 amide bonds. The Morgan fingerprint density at radius 1 is 1.58 bits per heavy atom. The van der Waals surface area contributed by atoms with E-state index in [-0.39, 0.29) is 11.3 Å². The second-order valence-electron chi connectivity index (χ2n) is 3.72. The van der Waals surface area contributed by atoms with Crippen molar-refractivity contribution in [2.45, 2.75) is 31.7 Å². The Kier molecular flexibility index (Phi) is 2.68. The van der Waals surface area contributed by atoms with Gasteiger partial charge < -0.3 is 0 Å². The predicted octanol–water partition coefficient (Wildman–Crippen LogP) is 1.62. The van der Waals surface area contributed by atoms with E-state index in [1.807, 2.05) is 14.0 Å². The number of nitrogens with zero attached hydrogens (tertiary/aromatic N) is 1. The van der Waals surface area contributed by atoms with Gasteiger partial charge >= 0.3 is 0 Å². The average Bonchev–Trinajstić information content (AvgIpc) is 2.09. The van der Waals surface area contributed by atoms with Crippen LogP contribution in [0, 0.1) is 0 Å². The summed E-state index contributed by atoms with van der Waals surface area (Å²) in [5, 5.41) is 0. The van der Waals surface area contributed by atoms with Crippen LogP contribution in [0.3, 0.4) is 0 Å². The number of carbonyl (C=O) groups excluding carboxylic acids is 1. The molecule has 0 aromatic heterocycles. The van der Waals surface area contributed by atoms with Crippen LogP contribution in [0.5, 0.6) is 0 Å². The van der Waals surface area contributed by atoms with E-state index in [0.29, 0.717) is 0 Å². The van der Waals surface area contributed by atoms with Crippen LogP contribution in [0.1, 0.15) is 26.2 Å². The Labute approximate surface area is 74.2 Å². The zero-order valence-electron chi connectivity index (χ0n) is 7.97. The third kappa shape index (κ3) is 1.44. The van der Waals surface area contributed by atoms with Crippen LogP contribution in [0.25, 0.3) is 0 Å². The molecule has 1 rings (SSSR count). The van der Waals surface area contributed by atoms with Gasteiger partial charge in [0.15, 0.2) is 5.78 Å². The number of hydrogen-bond acceptors (Lipinski definition) is 2. The molecule has 0 bridgehead atoms. The van der Waals surface area contributed by atoms with Crippen LogP contribution in [0.2, 0.25) is 0 Å². The highest BCUT2D eigenvalue weighted by molar-refractivity contribution is 5.97. The van der Waals surface area contributed by atoms with Gasteiger partial charge in [-0.1, -0.05) is 6.58 Å². The molecular weight excluding hydrogens is 150 g/mol. The maximum absolute atomic E-state index is 11.5. The molecule has 0 aliphatic carbocycles. The molecule has 1 unspecified atom stereocenters. The molecule has 2 nitrogen and oxygen atoms in total. The number of ketones is 1. The van der Waals surface area contributed by atoms with Gasteiger partial charge in [0, 0.05) is 0 Å². The van der Waals surface area contributed by atoms with Crippen molar-refractivity contribution in [3.8, 4) is 0 Å². The van der Waals surface area contributed by atoms with Gasteiger partial charge in [-0.3, -0.25) is 9.69 Å². The van der Waals surface area contributed by atoms with Crippen molar-refractivity contribution in [3.63, 3.8) is 0 Å². The van der Waals surface area contributed by atoms with Crippen LogP contribution in [-0.2, 0) is 4.79 Å². The summed E-state index contributed by atoms with van der Waals surface area (Å²) in [7, 11) is 2.01. The fourth-order valence-corrected chi connectivity index (χ4v) is 1.79. The first-order valence-corrected chi connectivity index (χ1v) is 4.49. The normalized spacial score (nSPS) is 31.5. The van der Waals surface area contributed by atoms with E-state index >= 15 is 0 Å². The van der Waals surface area contributed by atoms with Gasteiger partial charge in [-0.2, -0.15) is 0 Å². The zero-order chi connectivity index (χ0) is 9.19. The van der Waals surface area contributed by atoms with Crippen molar-refractivity contribution in [1.82, 2.24) is 4.90 Å². The molecule has 1 aliphatic heterocycles. The molecule has 0 radical (unpaired) electrons. The highest BCUT2D eigenvalue weighted by Crippen LogP contribution is 2.27. The number of piperidine rings is 1. The maximum Gasteiger partial charge on any atom is 0.175 e. The molecule has 0 aromatic carbocycles. The smallest absolute Gasteiger partial charge is 0.175 e. The van der Waals surface area contributed by atoms with Crippen LogP contribution in [0.4, 0.5) is 0 Å². The second kappa shape index (κ2) is 3.40. The number of likely N-dealkylation sites (N-methyl/N-ethyl adjacent to an activating group) is 1. The molecular formula is C10H17NO. The van der Waals surface area contributed by atoms with Gasteiger partial charge in [-0.15, -0.1) is 0 Å². The number of carbonyl (C=O) groups is 1. The fraction of sp³-hybridized carbons (Fsp3) is 0.700. The molecule has 1 aliphatic rings. The van der Waals surface area contributed by atoms with Crippen molar-refractivity contribution >= 4 is 5.78 Å². The van der Waals surface area contributed by atoms with E-state index in [1.165, 1.54) is 12.5 Å². The summed E-state index contributed by atoms with van der Waals surface area (Å²) in [6, 6.07) is 0. The Morgan fingerprint density at radius 2 is 2.25 bits per heavy atom. The molecule has 68 valence electrons. The first-order chi connectivity index (χ1) is 5.61. The molecule has 1 atom stereocenters. The first kappa shape index (κ1) is 9.46. The molecule has 0 spiro atoms. The summed E-state index contributed by atoms with van der Waals surface area (Å²) >= 11 is 0. The van der Waals surface area contributed by atoms with E-state index in [4.69, 9.17) is 0 Å². The number of hydrogen-bond donors (Lipinski definition) is 0. The van der Waals surface area contributed by atoms with Gasteiger partial charge in [0.25, 0.3) is 0 Å². The van der Waals surface area contributed by atoms with Crippen molar-refractivity contribution in [3.05, 3.63) is 12.7 Å². The van der Waals surface area contributed by atoms with Gasteiger partial charge in [-0.25, -0.2) is 0 Å². The van der Waals surface area contributed by atoms with Crippen molar-refractivity contribution in [2.24, 2.45) is 0 Å². The van der Waals surface area contributed by atoms with E-state index in [9.17, 15) is 4.79 Å². The third-order valence-corrected chi connectivity index (χ3v) is 2.97. The Hall–Kier alpha value is -0.630. The van der Waals surface area contributed by atoms with Crippen molar-refractivity contribution < 1.29 is 4.79 Å². The van der Waals surface area contributed by atoms with E-state index in [1.54, 1.807) is 0 Å². The van der Waals surface area contributed by atoms with Crippen molar-refractivity contribution in [1.29, 1.82) is 0 Å². The average molecular weight is 167 g/mol. The summed E-state index contributed by atoms with van der Waals surface area (Å²) in [6.07, 6.45) is 4.77. The predicted molar refractivity (Wildman–Crippen MR) is 50.1 cm³/mol. The lowest BCUT2D eigenvalue weighted by Crippen LogP contribution is -2.52.